The maximum Gasteiger partial charge on any atom is 0.167 e. The smallest absolute Gasteiger partial charge is 0.167 e. The van der Waals surface area contributed by atoms with Gasteiger partial charge in [-0.25, -0.2) is 15.0 Å². The van der Waals surface area contributed by atoms with Crippen molar-refractivity contribution in [3.63, 3.8) is 0 Å². The van der Waals surface area contributed by atoms with Crippen LogP contribution in [-0.4, -0.2) is 19.5 Å². The van der Waals surface area contributed by atoms with Crippen molar-refractivity contribution in [3.05, 3.63) is 188 Å². The van der Waals surface area contributed by atoms with Crippen molar-refractivity contribution in [2.24, 2.45) is 0 Å². The first kappa shape index (κ1) is 33.0. The van der Waals surface area contributed by atoms with Crippen LogP contribution in [0.5, 0.6) is 0 Å². The van der Waals surface area contributed by atoms with Gasteiger partial charge in [-0.05, 0) is 48.0 Å². The van der Waals surface area contributed by atoms with E-state index in [1.165, 1.54) is 20.2 Å². The maximum atomic E-state index is 6.96. The number of furan rings is 1. The van der Waals surface area contributed by atoms with Gasteiger partial charge in [0.1, 0.15) is 11.2 Å². The van der Waals surface area contributed by atoms with Crippen LogP contribution in [0.1, 0.15) is 5.56 Å². The molecule has 0 saturated heterocycles. The summed E-state index contributed by atoms with van der Waals surface area (Å²) in [7, 11) is 0. The molecule has 5 nitrogen and oxygen atoms in total. The fraction of sp³-hybridized carbons (Fsp3) is 0. The van der Waals surface area contributed by atoms with Crippen molar-refractivity contribution in [1.29, 1.82) is 0 Å². The lowest BCUT2D eigenvalue weighted by molar-refractivity contribution is 0.670. The molecular weight excluding hydrogens is 717 g/mol. The third-order valence-corrected chi connectivity index (χ3v) is 11.8. The van der Waals surface area contributed by atoms with Crippen LogP contribution in [0.25, 0.3) is 110 Å². The van der Waals surface area contributed by atoms with E-state index in [-0.39, 0.29) is 0 Å². The van der Waals surface area contributed by atoms with Crippen LogP contribution in [0.15, 0.2) is 187 Å². The normalized spacial score (nSPS) is 11.9. The van der Waals surface area contributed by atoms with E-state index < -0.39 is 0 Å². The van der Waals surface area contributed by atoms with Crippen LogP contribution in [0.4, 0.5) is 0 Å². The molecule has 0 radical (unpaired) electrons. The zero-order chi connectivity index (χ0) is 37.9. The molecule has 7 aromatic carbocycles. The van der Waals surface area contributed by atoms with E-state index in [4.69, 9.17) is 19.4 Å². The summed E-state index contributed by atoms with van der Waals surface area (Å²) < 4.78 is 11.7. The number of nitrogens with zero attached hydrogens (tertiary/aromatic N) is 4. The summed E-state index contributed by atoms with van der Waals surface area (Å²) in [6, 6.07) is 54.8. The average molecular weight is 749 g/mol. The van der Waals surface area contributed by atoms with Gasteiger partial charge in [0.15, 0.2) is 17.5 Å². The first-order chi connectivity index (χ1) is 28.2. The zero-order valence-electron chi connectivity index (χ0n) is 30.6. The van der Waals surface area contributed by atoms with Gasteiger partial charge >= 0.3 is 0 Å². The second-order valence-electron chi connectivity index (χ2n) is 14.1. The number of benzene rings is 7. The monoisotopic (exact) mass is 748 g/mol. The summed E-state index contributed by atoms with van der Waals surface area (Å²) in [5, 5.41) is 5.67. The maximum absolute atomic E-state index is 6.96. The van der Waals surface area contributed by atoms with Crippen LogP contribution < -0.4 is 0 Å². The Labute approximate surface area is 332 Å². The molecule has 0 unspecified atom stereocenters. The molecule has 0 aliphatic heterocycles. The highest BCUT2D eigenvalue weighted by molar-refractivity contribution is 7.25. The molecule has 0 fully saturated rings. The number of aromatic nitrogens is 4. The highest BCUT2D eigenvalue weighted by Crippen LogP contribution is 2.41. The van der Waals surface area contributed by atoms with Crippen molar-refractivity contribution in [1.82, 2.24) is 19.5 Å². The van der Waals surface area contributed by atoms with Gasteiger partial charge in [-0.15, -0.1) is 11.3 Å². The minimum Gasteiger partial charge on any atom is -0.455 e. The summed E-state index contributed by atoms with van der Waals surface area (Å²) in [5.74, 6) is 1.78. The van der Waals surface area contributed by atoms with Gasteiger partial charge in [0, 0.05) is 70.5 Å². The standard InChI is InChI=1S/C51H32N4OS/c1-2-3-14-35-31-55(36-17-8-5-9-18-36)44-28-26-33(29-43(35)44)37-20-12-21-40-41-22-13-23-42(48(41)56-47(37)40)51-53-49(32-15-6-4-7-16-32)52-50(54-51)34-25-27-39-38-19-10-11-24-45(38)57-46(39)30-34/h2-31H,1H2/b14-3-. The van der Waals surface area contributed by atoms with Gasteiger partial charge in [-0.3, -0.25) is 0 Å². The van der Waals surface area contributed by atoms with Gasteiger partial charge in [0.25, 0.3) is 0 Å². The minimum absolute atomic E-state index is 0.559. The van der Waals surface area contributed by atoms with Gasteiger partial charge in [0.2, 0.25) is 0 Å². The van der Waals surface area contributed by atoms with E-state index >= 15 is 0 Å². The first-order valence-corrected chi connectivity index (χ1v) is 19.7. The Balaban J connectivity index is 1.08. The molecule has 0 amide bonds. The molecule has 0 saturated carbocycles. The SMILES string of the molecule is C=C/C=C\c1cn(-c2ccccc2)c2ccc(-c3cccc4c3oc3c(-c5nc(-c6ccccc6)nc(-c6ccc7c(c6)sc6ccccc67)n5)cccc34)cc12. The molecule has 0 aliphatic carbocycles. The van der Waals surface area contributed by atoms with Crippen molar-refractivity contribution >= 4 is 70.4 Å². The molecule has 57 heavy (non-hydrogen) atoms. The van der Waals surface area contributed by atoms with Crippen LogP contribution >= 0.6 is 11.3 Å². The predicted molar refractivity (Wildman–Crippen MR) is 238 cm³/mol. The van der Waals surface area contributed by atoms with E-state index in [9.17, 15) is 0 Å². The van der Waals surface area contributed by atoms with E-state index in [0.717, 1.165) is 71.9 Å². The Morgan fingerprint density at radius 3 is 1.96 bits per heavy atom. The van der Waals surface area contributed by atoms with Gasteiger partial charge in [-0.2, -0.15) is 0 Å². The van der Waals surface area contributed by atoms with Crippen LogP contribution in [0.3, 0.4) is 0 Å². The van der Waals surface area contributed by atoms with Crippen molar-refractivity contribution in [3.8, 4) is 51.0 Å². The van der Waals surface area contributed by atoms with Gasteiger partial charge in [-0.1, -0.05) is 140 Å². The number of fused-ring (bicyclic) bond motifs is 7. The summed E-state index contributed by atoms with van der Waals surface area (Å²) in [5.41, 5.74) is 9.65. The molecule has 4 heterocycles. The molecule has 0 N–H and O–H groups in total. The van der Waals surface area contributed by atoms with E-state index in [2.05, 4.69) is 139 Å². The molecule has 0 atom stereocenters. The highest BCUT2D eigenvalue weighted by atomic mass is 32.1. The molecule has 0 bridgehead atoms. The van der Waals surface area contributed by atoms with Crippen LogP contribution in [0.2, 0.25) is 0 Å². The van der Waals surface area contributed by atoms with E-state index in [1.54, 1.807) is 11.3 Å². The minimum atomic E-state index is 0.559. The van der Waals surface area contributed by atoms with E-state index in [1.807, 2.05) is 54.6 Å². The lowest BCUT2D eigenvalue weighted by atomic mass is 9.99. The van der Waals surface area contributed by atoms with Crippen LogP contribution in [-0.2, 0) is 0 Å². The topological polar surface area (TPSA) is 56.7 Å². The first-order valence-electron chi connectivity index (χ1n) is 18.9. The fourth-order valence-corrected chi connectivity index (χ4v) is 9.11. The largest absolute Gasteiger partial charge is 0.455 e. The van der Waals surface area contributed by atoms with E-state index in [0.29, 0.717) is 17.5 Å². The lowest BCUT2D eigenvalue weighted by Crippen LogP contribution is -2.00. The summed E-state index contributed by atoms with van der Waals surface area (Å²) in [6.07, 6.45) is 8.09. The summed E-state index contributed by atoms with van der Waals surface area (Å²) in [6.45, 7) is 3.91. The van der Waals surface area contributed by atoms with Crippen molar-refractivity contribution < 1.29 is 4.42 Å². The number of thiophene rings is 1. The Hall–Kier alpha value is -7.41. The number of allylic oxidation sites excluding steroid dienone is 2. The molecular formula is C51H32N4OS. The molecule has 4 aromatic heterocycles. The number of hydrogen-bond donors (Lipinski definition) is 0. The summed E-state index contributed by atoms with van der Waals surface area (Å²) >= 11 is 1.79. The second kappa shape index (κ2) is 13.4. The van der Waals surface area contributed by atoms with Crippen molar-refractivity contribution in [2.75, 3.05) is 0 Å². The highest BCUT2D eigenvalue weighted by Gasteiger charge is 2.20. The van der Waals surface area contributed by atoms with Crippen LogP contribution in [0, 0.1) is 0 Å². The zero-order valence-corrected chi connectivity index (χ0v) is 31.4. The molecule has 6 heteroatoms. The molecule has 268 valence electrons. The second-order valence-corrected chi connectivity index (χ2v) is 15.1. The predicted octanol–water partition coefficient (Wildman–Crippen LogP) is 13.9. The Morgan fingerprint density at radius 1 is 0.509 bits per heavy atom. The fourth-order valence-electron chi connectivity index (χ4n) is 7.96. The molecule has 0 spiro atoms. The molecule has 11 rings (SSSR count). The molecule has 0 aliphatic rings. The number of hydrogen-bond acceptors (Lipinski definition) is 5. The summed E-state index contributed by atoms with van der Waals surface area (Å²) in [4.78, 5) is 15.3. The Morgan fingerprint density at radius 2 is 1.16 bits per heavy atom. The third kappa shape index (κ3) is 5.57. The number of para-hydroxylation sites is 3. The third-order valence-electron chi connectivity index (χ3n) is 10.7. The average Bonchev–Trinajstić information content (AvgIpc) is 3.97. The quantitative estimate of drug-likeness (QED) is 0.152. The Bertz CT molecular complexity index is 3370. The van der Waals surface area contributed by atoms with Gasteiger partial charge in [0.05, 0.1) is 11.1 Å². The molecule has 11 aromatic rings. The lowest BCUT2D eigenvalue weighted by Gasteiger charge is -2.09. The van der Waals surface area contributed by atoms with Gasteiger partial charge < -0.3 is 8.98 Å². The number of rotatable bonds is 7. The van der Waals surface area contributed by atoms with Crippen molar-refractivity contribution in [2.45, 2.75) is 0 Å². The Kier molecular flexibility index (Phi) is 7.76.